The Morgan fingerprint density at radius 3 is 1.80 bits per heavy atom. The molecule has 0 aliphatic heterocycles. The molecule has 0 aliphatic carbocycles. The van der Waals surface area contributed by atoms with Crippen LogP contribution in [0.2, 0.25) is 0 Å². The van der Waals surface area contributed by atoms with Crippen LogP contribution in [0.15, 0.2) is 0 Å². The van der Waals surface area contributed by atoms with Crippen molar-refractivity contribution in [1.29, 1.82) is 0 Å². The van der Waals surface area contributed by atoms with E-state index in [4.69, 9.17) is 0 Å². The maximum Gasteiger partial charge on any atom is 0.182 e. The number of carbonyl (C=O) groups is 1. The molecule has 0 saturated carbocycles. The van der Waals surface area contributed by atoms with Gasteiger partial charge in [0.15, 0.2) is 5.12 Å². The van der Waals surface area contributed by atoms with Crippen molar-refractivity contribution in [3.05, 3.63) is 0 Å². The van der Waals surface area contributed by atoms with Gasteiger partial charge < -0.3 is 0 Å². The molecular weight excluding hydrogens is 231 g/mol. The normalized spacial score (nSPS) is 5.20. The van der Waals surface area contributed by atoms with Crippen molar-refractivity contribution in [3.8, 4) is 0 Å². The van der Waals surface area contributed by atoms with E-state index in [0.29, 0.717) is 0 Å². The topological polar surface area (TPSA) is 17.1 Å². The molecule has 33 valence electrons. The van der Waals surface area contributed by atoms with Crippen LogP contribution in [0.4, 0.5) is 0 Å². The van der Waals surface area contributed by atoms with Crippen LogP contribution < -0.4 is 0 Å². The minimum atomic E-state index is -0.139. The summed E-state index contributed by atoms with van der Waals surface area (Å²) in [6, 6.07) is 0. The molecular formula is C2H4OSTb. The first kappa shape index (κ1) is 9.57. The average Bonchev–Trinajstić information content (AvgIpc) is 0.811. The van der Waals surface area contributed by atoms with Gasteiger partial charge in [-0.1, -0.05) is 0 Å². The number of thiol groups is 1. The smallest absolute Gasteiger partial charge is 0.182 e. The van der Waals surface area contributed by atoms with Crippen LogP contribution >= 0.6 is 12.6 Å². The van der Waals surface area contributed by atoms with E-state index in [1.165, 1.54) is 6.92 Å². The maximum absolute atomic E-state index is 9.31. The molecule has 5 heavy (non-hydrogen) atoms. The molecule has 0 fully saturated rings. The van der Waals surface area contributed by atoms with Gasteiger partial charge in [0.25, 0.3) is 0 Å². The Labute approximate surface area is 67.4 Å². The van der Waals surface area contributed by atoms with Crippen LogP contribution in [0.3, 0.4) is 0 Å². The van der Waals surface area contributed by atoms with Gasteiger partial charge in [-0.3, -0.25) is 4.79 Å². The quantitative estimate of drug-likeness (QED) is 0.604. The fourth-order valence-corrected chi connectivity index (χ4v) is 0. The molecule has 0 saturated heterocycles. The van der Waals surface area contributed by atoms with Crippen LogP contribution in [0.5, 0.6) is 0 Å². The zero-order chi connectivity index (χ0) is 3.58. The Kier molecular flexibility index (Phi) is 10.2. The maximum atomic E-state index is 9.31. The second-order valence-corrected chi connectivity index (χ2v) is 1.15. The second-order valence-electron chi connectivity index (χ2n) is 0.519. The van der Waals surface area contributed by atoms with E-state index in [1.54, 1.807) is 0 Å². The van der Waals surface area contributed by atoms with Crippen molar-refractivity contribution < 1.29 is 43.4 Å². The van der Waals surface area contributed by atoms with Crippen molar-refractivity contribution >= 4 is 17.7 Å². The van der Waals surface area contributed by atoms with Crippen LogP contribution in [0.1, 0.15) is 6.92 Å². The molecule has 0 spiro atoms. The van der Waals surface area contributed by atoms with E-state index >= 15 is 0 Å². The molecule has 0 heterocycles. The molecule has 0 aromatic rings. The summed E-state index contributed by atoms with van der Waals surface area (Å²) in [4.78, 5) is 9.31. The van der Waals surface area contributed by atoms with Gasteiger partial charge in [0.1, 0.15) is 0 Å². The van der Waals surface area contributed by atoms with E-state index < -0.39 is 0 Å². The van der Waals surface area contributed by atoms with Crippen LogP contribution in [-0.4, -0.2) is 5.12 Å². The molecule has 0 aliphatic rings. The molecule has 0 atom stereocenters. The van der Waals surface area contributed by atoms with Crippen molar-refractivity contribution in [2.45, 2.75) is 6.92 Å². The second kappa shape index (κ2) is 5.31. The SMILES string of the molecule is CC(=O)S.[Tb]. The Morgan fingerprint density at radius 2 is 1.80 bits per heavy atom. The number of hydrogen-bond acceptors (Lipinski definition) is 1. The molecule has 0 aromatic heterocycles. The van der Waals surface area contributed by atoms with Crippen LogP contribution in [-0.2, 0) is 4.79 Å². The summed E-state index contributed by atoms with van der Waals surface area (Å²) >= 11 is 3.33. The van der Waals surface area contributed by atoms with Gasteiger partial charge in [0.2, 0.25) is 0 Å². The summed E-state index contributed by atoms with van der Waals surface area (Å²) in [5, 5.41) is -0.139. The van der Waals surface area contributed by atoms with Gasteiger partial charge in [-0.25, -0.2) is 0 Å². The predicted octanol–water partition coefficient (Wildman–Crippen LogP) is 0.463. The fourth-order valence-electron chi connectivity index (χ4n) is 0. The number of hydrogen-bond donors (Lipinski definition) is 1. The fraction of sp³-hybridized carbons (Fsp3) is 0.500. The summed E-state index contributed by atoms with van der Waals surface area (Å²) in [6.07, 6.45) is 0. The molecule has 1 radical (unpaired) electrons. The van der Waals surface area contributed by atoms with Crippen LogP contribution in [0.25, 0.3) is 0 Å². The third-order valence-corrected chi connectivity index (χ3v) is 0. The van der Waals surface area contributed by atoms with Gasteiger partial charge in [-0.15, -0.1) is 12.6 Å². The molecule has 0 aromatic carbocycles. The van der Waals surface area contributed by atoms with E-state index in [1.807, 2.05) is 0 Å². The van der Waals surface area contributed by atoms with Crippen molar-refractivity contribution in [2.24, 2.45) is 0 Å². The monoisotopic (exact) mass is 235 g/mol. The Bertz CT molecular complexity index is 32.6. The minimum Gasteiger partial charge on any atom is -0.288 e. The molecule has 3 heteroatoms. The van der Waals surface area contributed by atoms with E-state index in [2.05, 4.69) is 12.6 Å². The molecule has 0 bridgehead atoms. The van der Waals surface area contributed by atoms with Crippen LogP contribution in [0, 0.1) is 38.6 Å². The first-order valence-electron chi connectivity index (χ1n) is 0.928. The molecule has 0 unspecified atom stereocenters. The summed E-state index contributed by atoms with van der Waals surface area (Å²) < 4.78 is 0. The Morgan fingerprint density at radius 1 is 1.80 bits per heavy atom. The zero-order valence-electron chi connectivity index (χ0n) is 2.69. The summed E-state index contributed by atoms with van der Waals surface area (Å²) in [7, 11) is 0. The van der Waals surface area contributed by atoms with Crippen molar-refractivity contribution in [1.82, 2.24) is 0 Å². The zero-order valence-corrected chi connectivity index (χ0v) is 5.72. The van der Waals surface area contributed by atoms with Gasteiger partial charge in [-0.05, 0) is 0 Å². The molecule has 0 N–H and O–H groups in total. The summed E-state index contributed by atoms with van der Waals surface area (Å²) in [5.41, 5.74) is 0. The molecule has 0 rings (SSSR count). The van der Waals surface area contributed by atoms with Gasteiger partial charge in [0.05, 0.1) is 0 Å². The van der Waals surface area contributed by atoms with Crippen molar-refractivity contribution in [2.75, 3.05) is 0 Å². The van der Waals surface area contributed by atoms with Crippen molar-refractivity contribution in [3.63, 3.8) is 0 Å². The third kappa shape index (κ3) is 34.0. The number of rotatable bonds is 0. The summed E-state index contributed by atoms with van der Waals surface area (Å²) in [6.45, 7) is 1.39. The third-order valence-electron chi connectivity index (χ3n) is 0. The van der Waals surface area contributed by atoms with Gasteiger partial charge in [-0.2, -0.15) is 0 Å². The van der Waals surface area contributed by atoms with Gasteiger partial charge in [0, 0.05) is 45.5 Å². The minimum absolute atomic E-state index is 0. The molecule has 1 nitrogen and oxygen atoms in total. The molecule has 0 amide bonds. The van der Waals surface area contributed by atoms with E-state index in [-0.39, 0.29) is 43.7 Å². The average molecular weight is 235 g/mol. The number of carbonyl (C=O) groups excluding carboxylic acids is 1. The first-order chi connectivity index (χ1) is 1.73. The van der Waals surface area contributed by atoms with Gasteiger partial charge >= 0.3 is 0 Å². The standard InChI is InChI=1S/C2H4OS.Tb/c1-2(3)4;/h1H3,(H,3,4);. The summed E-state index contributed by atoms with van der Waals surface area (Å²) in [5.74, 6) is 0. The predicted molar refractivity (Wildman–Crippen MR) is 19.7 cm³/mol. The van der Waals surface area contributed by atoms with E-state index in [9.17, 15) is 4.79 Å². The Balaban J connectivity index is 0. The Hall–Kier alpha value is 1.31. The largest absolute Gasteiger partial charge is 0.288 e. The van der Waals surface area contributed by atoms with E-state index in [0.717, 1.165) is 0 Å². The first-order valence-corrected chi connectivity index (χ1v) is 1.37.